The van der Waals surface area contributed by atoms with Gasteiger partial charge in [0.25, 0.3) is 5.56 Å². The van der Waals surface area contributed by atoms with Gasteiger partial charge < -0.3 is 0 Å². The Labute approximate surface area is 160 Å². The number of thiophene rings is 1. The van der Waals surface area contributed by atoms with Crippen molar-refractivity contribution in [2.24, 2.45) is 0 Å². The van der Waals surface area contributed by atoms with Gasteiger partial charge in [0.15, 0.2) is 5.16 Å². The second-order valence-electron chi connectivity index (χ2n) is 6.11. The van der Waals surface area contributed by atoms with Gasteiger partial charge in [-0.3, -0.25) is 9.36 Å². The molecule has 0 aliphatic heterocycles. The third kappa shape index (κ3) is 3.08. The van der Waals surface area contributed by atoms with E-state index in [0.717, 1.165) is 37.3 Å². The summed E-state index contributed by atoms with van der Waals surface area (Å²) in [5.74, 6) is 0.773. The number of benzene rings is 2. The first-order valence-corrected chi connectivity index (χ1v) is 10.2. The van der Waals surface area contributed by atoms with Crippen molar-refractivity contribution in [3.05, 3.63) is 87.0 Å². The van der Waals surface area contributed by atoms with Crippen LogP contribution in [0.1, 0.15) is 16.0 Å². The van der Waals surface area contributed by atoms with Crippen LogP contribution >= 0.6 is 23.1 Å². The molecule has 2 heterocycles. The second kappa shape index (κ2) is 7.09. The van der Waals surface area contributed by atoms with E-state index in [0.29, 0.717) is 0 Å². The number of aryl methyl sites for hydroxylation is 2. The van der Waals surface area contributed by atoms with Crippen LogP contribution in [0.25, 0.3) is 15.9 Å². The van der Waals surface area contributed by atoms with E-state index in [4.69, 9.17) is 4.98 Å². The van der Waals surface area contributed by atoms with Gasteiger partial charge in [-0.2, -0.15) is 0 Å². The number of rotatable bonds is 4. The van der Waals surface area contributed by atoms with Gasteiger partial charge in [-0.05, 0) is 37.1 Å². The molecule has 0 amide bonds. The van der Waals surface area contributed by atoms with Crippen LogP contribution in [0.4, 0.5) is 0 Å². The molecular weight excluding hydrogens is 360 g/mol. The van der Waals surface area contributed by atoms with Crippen molar-refractivity contribution in [2.75, 3.05) is 0 Å². The first-order valence-electron chi connectivity index (χ1n) is 8.40. The molecular formula is C21H18N2OS2. The maximum absolute atomic E-state index is 13.3. The largest absolute Gasteiger partial charge is 0.268 e. The van der Waals surface area contributed by atoms with Gasteiger partial charge in [-0.1, -0.05) is 60.3 Å². The predicted molar refractivity (Wildman–Crippen MR) is 111 cm³/mol. The summed E-state index contributed by atoms with van der Waals surface area (Å²) in [7, 11) is 0. The fourth-order valence-corrected chi connectivity index (χ4v) is 4.94. The van der Waals surface area contributed by atoms with Crippen LogP contribution in [0.2, 0.25) is 0 Å². The van der Waals surface area contributed by atoms with Crippen molar-refractivity contribution in [3.63, 3.8) is 0 Å². The molecule has 0 radical (unpaired) electrons. The maximum Gasteiger partial charge on any atom is 0.267 e. The fourth-order valence-electron chi connectivity index (χ4n) is 2.90. The van der Waals surface area contributed by atoms with Crippen molar-refractivity contribution >= 4 is 33.3 Å². The van der Waals surface area contributed by atoms with E-state index >= 15 is 0 Å². The van der Waals surface area contributed by atoms with Gasteiger partial charge in [-0.25, -0.2) is 4.98 Å². The van der Waals surface area contributed by atoms with Gasteiger partial charge in [0.2, 0.25) is 0 Å². The fraction of sp³-hybridized carbons (Fsp3) is 0.143. The summed E-state index contributed by atoms with van der Waals surface area (Å²) >= 11 is 3.19. The SMILES string of the molecule is Cc1sc2nc(SCc3ccccc3)n(-c3ccccc3)c(=O)c2c1C. The van der Waals surface area contributed by atoms with E-state index in [1.807, 2.05) is 62.4 Å². The molecule has 0 unspecified atom stereocenters. The Kier molecular flexibility index (Phi) is 4.66. The van der Waals surface area contributed by atoms with Crippen molar-refractivity contribution in [2.45, 2.75) is 24.8 Å². The van der Waals surface area contributed by atoms with Crippen LogP contribution in [0.15, 0.2) is 70.6 Å². The minimum absolute atomic E-state index is 0.0126. The molecule has 4 aromatic rings. The molecule has 0 aliphatic rings. The lowest BCUT2D eigenvalue weighted by Crippen LogP contribution is -2.21. The van der Waals surface area contributed by atoms with E-state index in [2.05, 4.69) is 12.1 Å². The number of aromatic nitrogens is 2. The zero-order valence-electron chi connectivity index (χ0n) is 14.6. The highest BCUT2D eigenvalue weighted by Gasteiger charge is 2.17. The third-order valence-corrected chi connectivity index (χ3v) is 6.51. The van der Waals surface area contributed by atoms with E-state index in [1.165, 1.54) is 5.56 Å². The minimum atomic E-state index is 0.0126. The molecule has 4 rings (SSSR count). The Morgan fingerprint density at radius 2 is 1.65 bits per heavy atom. The summed E-state index contributed by atoms with van der Waals surface area (Å²) in [5.41, 5.74) is 3.11. The molecule has 0 saturated heterocycles. The molecule has 3 nitrogen and oxygen atoms in total. The van der Waals surface area contributed by atoms with Crippen LogP contribution in [0, 0.1) is 13.8 Å². The lowest BCUT2D eigenvalue weighted by molar-refractivity contribution is 0.822. The van der Waals surface area contributed by atoms with Crippen molar-refractivity contribution in [3.8, 4) is 5.69 Å². The summed E-state index contributed by atoms with van der Waals surface area (Å²) < 4.78 is 1.75. The van der Waals surface area contributed by atoms with Crippen LogP contribution < -0.4 is 5.56 Å². The Bertz CT molecular complexity index is 1120. The summed E-state index contributed by atoms with van der Waals surface area (Å²) in [5, 5.41) is 1.47. The van der Waals surface area contributed by atoms with E-state index < -0.39 is 0 Å². The van der Waals surface area contributed by atoms with Crippen molar-refractivity contribution in [1.29, 1.82) is 0 Å². The molecule has 0 fully saturated rings. The molecule has 0 bridgehead atoms. The Morgan fingerprint density at radius 1 is 1.00 bits per heavy atom. The third-order valence-electron chi connectivity index (χ3n) is 4.40. The molecule has 0 aliphatic carbocycles. The van der Waals surface area contributed by atoms with E-state index in [9.17, 15) is 4.79 Å². The second-order valence-corrected chi connectivity index (χ2v) is 8.25. The number of fused-ring (bicyclic) bond motifs is 1. The highest BCUT2D eigenvalue weighted by atomic mass is 32.2. The van der Waals surface area contributed by atoms with Gasteiger partial charge in [0.05, 0.1) is 11.1 Å². The quantitative estimate of drug-likeness (QED) is 0.354. The Hall–Kier alpha value is -2.37. The normalized spacial score (nSPS) is 11.2. The van der Waals surface area contributed by atoms with Crippen molar-refractivity contribution < 1.29 is 0 Å². The predicted octanol–water partition coefficient (Wildman–Crippen LogP) is 5.36. The molecule has 2 aromatic carbocycles. The molecule has 130 valence electrons. The number of hydrogen-bond donors (Lipinski definition) is 0. The molecule has 0 spiro atoms. The van der Waals surface area contributed by atoms with Gasteiger partial charge >= 0.3 is 0 Å². The molecule has 0 atom stereocenters. The number of thioether (sulfide) groups is 1. The molecule has 2 aromatic heterocycles. The standard InChI is InChI=1S/C21H18N2OS2/c1-14-15(2)26-19-18(14)20(24)23(17-11-7-4-8-12-17)21(22-19)25-13-16-9-5-3-6-10-16/h3-12H,13H2,1-2H3. The number of nitrogens with zero attached hydrogens (tertiary/aromatic N) is 2. The van der Waals surface area contributed by atoms with Gasteiger partial charge in [0.1, 0.15) is 4.83 Å². The first-order chi connectivity index (χ1) is 12.6. The summed E-state index contributed by atoms with van der Waals surface area (Å²) in [6.07, 6.45) is 0. The van der Waals surface area contributed by atoms with E-state index in [-0.39, 0.29) is 5.56 Å². The van der Waals surface area contributed by atoms with E-state index in [1.54, 1.807) is 27.7 Å². The Balaban J connectivity index is 1.88. The molecule has 0 N–H and O–H groups in total. The number of hydrogen-bond acceptors (Lipinski definition) is 4. The highest BCUT2D eigenvalue weighted by Crippen LogP contribution is 2.30. The zero-order valence-corrected chi connectivity index (χ0v) is 16.2. The van der Waals surface area contributed by atoms with Crippen LogP contribution in [-0.2, 0) is 5.75 Å². The average molecular weight is 379 g/mol. The molecule has 26 heavy (non-hydrogen) atoms. The highest BCUT2D eigenvalue weighted by molar-refractivity contribution is 7.98. The summed E-state index contributed by atoms with van der Waals surface area (Å²) in [6, 6.07) is 20.0. The Morgan fingerprint density at radius 3 is 2.35 bits per heavy atom. The molecule has 5 heteroatoms. The lowest BCUT2D eigenvalue weighted by atomic mass is 10.2. The van der Waals surface area contributed by atoms with Crippen molar-refractivity contribution in [1.82, 2.24) is 9.55 Å². The summed E-state index contributed by atoms with van der Waals surface area (Å²) in [4.78, 5) is 20.1. The average Bonchev–Trinajstić information content (AvgIpc) is 2.96. The summed E-state index contributed by atoms with van der Waals surface area (Å²) in [6.45, 7) is 4.05. The minimum Gasteiger partial charge on any atom is -0.268 e. The topological polar surface area (TPSA) is 34.9 Å². The lowest BCUT2D eigenvalue weighted by Gasteiger charge is -2.12. The van der Waals surface area contributed by atoms with Crippen LogP contribution in [0.5, 0.6) is 0 Å². The monoisotopic (exact) mass is 378 g/mol. The maximum atomic E-state index is 13.3. The van der Waals surface area contributed by atoms with Gasteiger partial charge in [-0.15, -0.1) is 11.3 Å². The first kappa shape index (κ1) is 17.1. The smallest absolute Gasteiger partial charge is 0.267 e. The van der Waals surface area contributed by atoms with Crippen LogP contribution in [-0.4, -0.2) is 9.55 Å². The zero-order chi connectivity index (χ0) is 18.1. The van der Waals surface area contributed by atoms with Gasteiger partial charge in [0, 0.05) is 10.6 Å². The van der Waals surface area contributed by atoms with Crippen LogP contribution in [0.3, 0.4) is 0 Å². The molecule has 0 saturated carbocycles. The number of para-hydroxylation sites is 1.